The molecule has 0 saturated heterocycles. The number of aromatic nitrogens is 2. The molecule has 5 heteroatoms. The highest BCUT2D eigenvalue weighted by molar-refractivity contribution is 7.18. The molecule has 2 aromatic heterocycles. The number of aryl methyl sites for hydroxylation is 3. The van der Waals surface area contributed by atoms with Crippen LogP contribution in [-0.2, 0) is 0 Å². The minimum absolute atomic E-state index is 0.254. The molecule has 0 aliphatic heterocycles. The summed E-state index contributed by atoms with van der Waals surface area (Å²) in [7, 11) is 0. The first-order valence-electron chi connectivity index (χ1n) is 6.31. The summed E-state index contributed by atoms with van der Waals surface area (Å²) in [5.74, 6) is 0. The molecule has 1 aromatic carbocycles. The summed E-state index contributed by atoms with van der Waals surface area (Å²) >= 11 is 1.45. The standard InChI is InChI=1S/C15H14N2O2S/c1-8-5-4-6-11(7-8)17-14(18)12-9(2)10(3)20-13(12)16-15(17)19/h4-7H,1-3H3,(H,16,19). The van der Waals surface area contributed by atoms with Gasteiger partial charge in [0.05, 0.1) is 11.1 Å². The summed E-state index contributed by atoms with van der Waals surface area (Å²) in [6.07, 6.45) is 0. The van der Waals surface area contributed by atoms with Crippen molar-refractivity contribution < 1.29 is 0 Å². The van der Waals surface area contributed by atoms with Gasteiger partial charge in [-0.15, -0.1) is 11.3 Å². The second-order valence-electron chi connectivity index (χ2n) is 4.90. The van der Waals surface area contributed by atoms with Gasteiger partial charge in [-0.3, -0.25) is 9.78 Å². The summed E-state index contributed by atoms with van der Waals surface area (Å²) in [4.78, 5) is 29.4. The Morgan fingerprint density at radius 1 is 1.15 bits per heavy atom. The zero-order valence-corrected chi connectivity index (χ0v) is 12.3. The molecule has 3 aromatic rings. The van der Waals surface area contributed by atoms with Crippen LogP contribution in [0.2, 0.25) is 0 Å². The average molecular weight is 286 g/mol. The van der Waals surface area contributed by atoms with Crippen molar-refractivity contribution in [1.29, 1.82) is 0 Å². The molecule has 2 heterocycles. The monoisotopic (exact) mass is 286 g/mol. The average Bonchev–Trinajstić information content (AvgIpc) is 2.65. The molecule has 0 amide bonds. The second-order valence-corrected chi connectivity index (χ2v) is 6.12. The van der Waals surface area contributed by atoms with E-state index in [0.717, 1.165) is 16.0 Å². The number of H-pyrrole nitrogens is 1. The number of hydrogen-bond donors (Lipinski definition) is 1. The smallest absolute Gasteiger partial charge is 0.298 e. The first kappa shape index (κ1) is 12.9. The molecule has 0 saturated carbocycles. The lowest BCUT2D eigenvalue weighted by Gasteiger charge is -2.05. The first-order chi connectivity index (χ1) is 9.49. The van der Waals surface area contributed by atoms with E-state index in [4.69, 9.17) is 0 Å². The SMILES string of the molecule is Cc1cccc(-n2c(=O)[nH]c3sc(C)c(C)c3c2=O)c1. The van der Waals surface area contributed by atoms with E-state index >= 15 is 0 Å². The number of thiophene rings is 1. The van der Waals surface area contributed by atoms with Crippen molar-refractivity contribution in [3.05, 3.63) is 61.1 Å². The number of fused-ring (bicyclic) bond motifs is 1. The quantitative estimate of drug-likeness (QED) is 0.747. The van der Waals surface area contributed by atoms with Gasteiger partial charge < -0.3 is 0 Å². The third kappa shape index (κ3) is 1.82. The number of aromatic amines is 1. The van der Waals surface area contributed by atoms with Crippen molar-refractivity contribution in [3.8, 4) is 5.69 Å². The summed E-state index contributed by atoms with van der Waals surface area (Å²) in [6, 6.07) is 7.37. The number of nitrogens with one attached hydrogen (secondary N) is 1. The zero-order valence-electron chi connectivity index (χ0n) is 11.5. The van der Waals surface area contributed by atoms with Gasteiger partial charge in [-0.1, -0.05) is 12.1 Å². The molecule has 0 fully saturated rings. The van der Waals surface area contributed by atoms with Gasteiger partial charge >= 0.3 is 5.69 Å². The van der Waals surface area contributed by atoms with E-state index in [2.05, 4.69) is 4.98 Å². The highest BCUT2D eigenvalue weighted by Crippen LogP contribution is 2.25. The van der Waals surface area contributed by atoms with Gasteiger partial charge in [0.25, 0.3) is 5.56 Å². The third-order valence-corrected chi connectivity index (χ3v) is 4.61. The highest BCUT2D eigenvalue weighted by Gasteiger charge is 2.14. The molecule has 0 radical (unpaired) electrons. The molecule has 1 N–H and O–H groups in total. The van der Waals surface area contributed by atoms with Crippen LogP contribution >= 0.6 is 11.3 Å². The molecule has 102 valence electrons. The molecule has 0 bridgehead atoms. The molecular weight excluding hydrogens is 272 g/mol. The maximum absolute atomic E-state index is 12.6. The van der Waals surface area contributed by atoms with Gasteiger partial charge in [0.1, 0.15) is 4.83 Å². The molecule has 3 rings (SSSR count). The lowest BCUT2D eigenvalue weighted by atomic mass is 10.2. The van der Waals surface area contributed by atoms with Crippen molar-refractivity contribution in [2.45, 2.75) is 20.8 Å². The molecule has 0 atom stereocenters. The Morgan fingerprint density at radius 3 is 2.60 bits per heavy atom. The molecule has 0 aliphatic rings. The van der Waals surface area contributed by atoms with Crippen molar-refractivity contribution >= 4 is 21.6 Å². The predicted octanol–water partition coefficient (Wildman–Crippen LogP) is 2.67. The summed E-state index contributed by atoms with van der Waals surface area (Å²) < 4.78 is 1.20. The lowest BCUT2D eigenvalue weighted by Crippen LogP contribution is -2.33. The van der Waals surface area contributed by atoms with Gasteiger partial charge in [-0.2, -0.15) is 0 Å². The molecule has 0 aliphatic carbocycles. The fourth-order valence-electron chi connectivity index (χ4n) is 2.33. The molecule has 0 spiro atoms. The Labute approximate surface area is 119 Å². The Balaban J connectivity index is 2.46. The Kier molecular flexibility index (Phi) is 2.87. The predicted molar refractivity (Wildman–Crippen MR) is 82.3 cm³/mol. The van der Waals surface area contributed by atoms with Crippen LogP contribution in [0.25, 0.3) is 15.9 Å². The zero-order chi connectivity index (χ0) is 14.4. The van der Waals surface area contributed by atoms with E-state index in [1.165, 1.54) is 15.9 Å². The van der Waals surface area contributed by atoms with E-state index in [0.29, 0.717) is 15.9 Å². The largest absolute Gasteiger partial charge is 0.334 e. The van der Waals surface area contributed by atoms with Crippen LogP contribution in [0.5, 0.6) is 0 Å². The van der Waals surface area contributed by atoms with E-state index in [1.807, 2.05) is 39.0 Å². The number of nitrogens with zero attached hydrogens (tertiary/aromatic N) is 1. The van der Waals surface area contributed by atoms with Crippen molar-refractivity contribution in [2.75, 3.05) is 0 Å². The fraction of sp³-hybridized carbons (Fsp3) is 0.200. The number of benzene rings is 1. The van der Waals surface area contributed by atoms with Crippen molar-refractivity contribution in [3.63, 3.8) is 0 Å². The Morgan fingerprint density at radius 2 is 1.90 bits per heavy atom. The van der Waals surface area contributed by atoms with E-state index in [1.54, 1.807) is 6.07 Å². The minimum Gasteiger partial charge on any atom is -0.298 e. The number of rotatable bonds is 1. The fourth-order valence-corrected chi connectivity index (χ4v) is 3.37. The van der Waals surface area contributed by atoms with Gasteiger partial charge in [0.2, 0.25) is 0 Å². The van der Waals surface area contributed by atoms with Crippen LogP contribution < -0.4 is 11.2 Å². The number of hydrogen-bond acceptors (Lipinski definition) is 3. The summed E-state index contributed by atoms with van der Waals surface area (Å²) in [5.41, 5.74) is 1.90. The van der Waals surface area contributed by atoms with Crippen LogP contribution in [0, 0.1) is 20.8 Å². The highest BCUT2D eigenvalue weighted by atomic mass is 32.1. The topological polar surface area (TPSA) is 54.9 Å². The van der Waals surface area contributed by atoms with Crippen molar-refractivity contribution in [2.24, 2.45) is 0 Å². The molecular formula is C15H14N2O2S. The van der Waals surface area contributed by atoms with E-state index in [-0.39, 0.29) is 5.56 Å². The van der Waals surface area contributed by atoms with E-state index in [9.17, 15) is 9.59 Å². The molecule has 20 heavy (non-hydrogen) atoms. The summed E-state index contributed by atoms with van der Waals surface area (Å²) in [5, 5.41) is 0.605. The van der Waals surface area contributed by atoms with Crippen molar-refractivity contribution in [1.82, 2.24) is 9.55 Å². The van der Waals surface area contributed by atoms with Crippen LogP contribution in [0.15, 0.2) is 33.9 Å². The van der Waals surface area contributed by atoms with Crippen LogP contribution in [0.3, 0.4) is 0 Å². The third-order valence-electron chi connectivity index (χ3n) is 3.49. The Hall–Kier alpha value is -2.14. The van der Waals surface area contributed by atoms with Gasteiger partial charge in [0, 0.05) is 4.88 Å². The van der Waals surface area contributed by atoms with Gasteiger partial charge in [0.15, 0.2) is 0 Å². The minimum atomic E-state index is -0.394. The molecule has 0 unspecified atom stereocenters. The second kappa shape index (κ2) is 4.45. The van der Waals surface area contributed by atoms with Crippen LogP contribution in [0.1, 0.15) is 16.0 Å². The maximum atomic E-state index is 12.6. The van der Waals surface area contributed by atoms with Crippen LogP contribution in [-0.4, -0.2) is 9.55 Å². The van der Waals surface area contributed by atoms with Gasteiger partial charge in [-0.05, 0) is 44.0 Å². The maximum Gasteiger partial charge on any atom is 0.334 e. The lowest BCUT2D eigenvalue weighted by molar-refractivity contribution is 0.902. The molecule has 4 nitrogen and oxygen atoms in total. The van der Waals surface area contributed by atoms with Crippen LogP contribution in [0.4, 0.5) is 0 Å². The normalized spacial score (nSPS) is 11.2. The van der Waals surface area contributed by atoms with E-state index < -0.39 is 5.69 Å². The summed E-state index contributed by atoms with van der Waals surface area (Å²) in [6.45, 7) is 5.80. The van der Waals surface area contributed by atoms with Gasteiger partial charge in [-0.25, -0.2) is 9.36 Å². The Bertz CT molecular complexity index is 931. The first-order valence-corrected chi connectivity index (χ1v) is 7.13.